The van der Waals surface area contributed by atoms with Crippen molar-refractivity contribution in [3.05, 3.63) is 12.7 Å². The minimum absolute atomic E-state index is 0. The fourth-order valence-corrected chi connectivity index (χ4v) is 3.03. The zero-order valence-corrected chi connectivity index (χ0v) is 11.3. The fourth-order valence-electron chi connectivity index (χ4n) is 1.70. The van der Waals surface area contributed by atoms with Crippen LogP contribution in [0.5, 0.6) is 0 Å². The van der Waals surface area contributed by atoms with Crippen molar-refractivity contribution in [1.29, 1.82) is 0 Å². The molecule has 2 atom stereocenters. The molecule has 0 saturated heterocycles. The van der Waals surface area contributed by atoms with Gasteiger partial charge in [-0.1, -0.05) is 6.08 Å². The number of carbonyl (C=O) groups excluding carboxylic acids is 1. The summed E-state index contributed by atoms with van der Waals surface area (Å²) in [6, 6.07) is 0. The Morgan fingerprint density at radius 1 is 1.53 bits per heavy atom. The van der Waals surface area contributed by atoms with Gasteiger partial charge >= 0.3 is 0 Å². The Morgan fingerprint density at radius 2 is 2.06 bits per heavy atom. The van der Waals surface area contributed by atoms with Gasteiger partial charge < -0.3 is 18.1 Å². The number of amides is 1. The molecule has 0 spiro atoms. The Hall–Kier alpha value is -0.590. The van der Waals surface area contributed by atoms with Crippen LogP contribution in [0.2, 0.25) is 0 Å². The molecule has 7 heteroatoms. The number of halogens is 1. The summed E-state index contributed by atoms with van der Waals surface area (Å²) >= 11 is 0. The van der Waals surface area contributed by atoms with Crippen LogP contribution in [0.15, 0.2) is 12.7 Å². The summed E-state index contributed by atoms with van der Waals surface area (Å²) in [6.45, 7) is 5.24. The van der Waals surface area contributed by atoms with Crippen molar-refractivity contribution in [2.24, 2.45) is 5.92 Å². The van der Waals surface area contributed by atoms with Crippen LogP contribution in [0, 0.1) is 5.92 Å². The molecular formula is C10H17ClN2O3S. The molecule has 0 bridgehead atoms. The van der Waals surface area contributed by atoms with Crippen molar-refractivity contribution in [3.63, 3.8) is 0 Å². The van der Waals surface area contributed by atoms with E-state index < -0.39 is 26.2 Å². The van der Waals surface area contributed by atoms with Gasteiger partial charge in [0.05, 0.1) is 4.75 Å². The first-order valence-electron chi connectivity index (χ1n) is 5.30. The van der Waals surface area contributed by atoms with Crippen molar-refractivity contribution in [2.45, 2.75) is 36.5 Å². The predicted molar refractivity (Wildman–Crippen MR) is 58.6 cm³/mol. The van der Waals surface area contributed by atoms with Gasteiger partial charge in [-0.2, -0.15) is 0 Å². The van der Waals surface area contributed by atoms with E-state index >= 15 is 0 Å². The van der Waals surface area contributed by atoms with Crippen LogP contribution in [0.1, 0.15) is 26.2 Å². The molecule has 0 aromatic rings. The van der Waals surface area contributed by atoms with Crippen LogP contribution in [-0.4, -0.2) is 24.6 Å². The van der Waals surface area contributed by atoms with Gasteiger partial charge in [-0.05, 0) is 19.8 Å². The van der Waals surface area contributed by atoms with Crippen molar-refractivity contribution < 1.29 is 31.4 Å². The van der Waals surface area contributed by atoms with Crippen molar-refractivity contribution in [1.82, 2.24) is 4.72 Å². The Morgan fingerprint density at radius 3 is 2.41 bits per heavy atom. The van der Waals surface area contributed by atoms with Gasteiger partial charge in [-0.15, -0.1) is 6.58 Å². The highest BCUT2D eigenvalue weighted by atomic mass is 35.5. The Kier molecular flexibility index (Phi) is 3.37. The summed E-state index contributed by atoms with van der Waals surface area (Å²) in [6.07, 6.45) is 3.46. The second kappa shape index (κ2) is 3.96. The van der Waals surface area contributed by atoms with Crippen LogP contribution in [-0.2, 0) is 14.8 Å². The molecule has 98 valence electrons. The number of nitrogens with one attached hydrogen (secondary N) is 1. The van der Waals surface area contributed by atoms with Gasteiger partial charge in [0.1, 0.15) is 0 Å². The zero-order valence-electron chi connectivity index (χ0n) is 9.70. The van der Waals surface area contributed by atoms with E-state index in [0.29, 0.717) is 19.3 Å². The average molecular weight is 281 g/mol. The molecule has 2 fully saturated rings. The van der Waals surface area contributed by atoms with E-state index in [-0.39, 0.29) is 18.3 Å². The molecule has 0 aliphatic heterocycles. The zero-order chi connectivity index (χ0) is 12.2. The van der Waals surface area contributed by atoms with Crippen LogP contribution in [0.3, 0.4) is 0 Å². The smallest absolute Gasteiger partial charge is 0.295 e. The Balaban J connectivity index is 0.00000144. The molecule has 2 saturated carbocycles. The number of quaternary nitrogens is 1. The minimum atomic E-state index is -3.53. The van der Waals surface area contributed by atoms with Crippen LogP contribution in [0.4, 0.5) is 0 Å². The summed E-state index contributed by atoms with van der Waals surface area (Å²) in [7, 11) is -3.53. The van der Waals surface area contributed by atoms with E-state index in [2.05, 4.69) is 17.0 Å². The van der Waals surface area contributed by atoms with Gasteiger partial charge in [0.2, 0.25) is 10.0 Å². The van der Waals surface area contributed by atoms with E-state index in [0.717, 1.165) is 0 Å². The Labute approximate surface area is 107 Å². The third kappa shape index (κ3) is 2.21. The molecule has 1 amide bonds. The highest BCUT2D eigenvalue weighted by Gasteiger charge is 2.62. The molecule has 2 aliphatic rings. The first kappa shape index (κ1) is 14.5. The summed E-state index contributed by atoms with van der Waals surface area (Å²) < 4.78 is 25.0. The molecule has 0 aromatic carbocycles. The van der Waals surface area contributed by atoms with Gasteiger partial charge in [-0.25, -0.2) is 13.1 Å². The first-order chi connectivity index (χ1) is 7.25. The largest absolute Gasteiger partial charge is 1.00 e. The van der Waals surface area contributed by atoms with Gasteiger partial charge in [0.25, 0.3) is 5.91 Å². The summed E-state index contributed by atoms with van der Waals surface area (Å²) in [5.41, 5.74) is 2.95. The summed E-state index contributed by atoms with van der Waals surface area (Å²) in [5, 5.41) is 0. The lowest BCUT2D eigenvalue weighted by atomic mass is 10.2. The van der Waals surface area contributed by atoms with E-state index in [1.807, 2.05) is 0 Å². The number of carbonyl (C=O) groups is 1. The topological polar surface area (TPSA) is 90.9 Å². The molecule has 0 unspecified atom stereocenters. The monoisotopic (exact) mass is 280 g/mol. The van der Waals surface area contributed by atoms with Gasteiger partial charge in [0.15, 0.2) is 5.54 Å². The molecule has 17 heavy (non-hydrogen) atoms. The number of hydrogen-bond acceptors (Lipinski definition) is 3. The standard InChI is InChI=1S/C10H16N2O3S.ClH/c1-3-7-6-10(7,11)8(13)12-16(14,15)9(2)4-5-9;/h3,7H,1,4-6,11H2,2H3,(H,12,13);1H/t7-,10-;/m1./s1. The van der Waals surface area contributed by atoms with E-state index in [1.165, 1.54) is 0 Å². The molecule has 0 heterocycles. The quantitative estimate of drug-likeness (QED) is 0.517. The first-order valence-corrected chi connectivity index (χ1v) is 6.78. The SMILES string of the molecule is C=C[C@@H]1C[C@]1([NH3+])C(=O)NS(=O)(=O)C1(C)CC1.[Cl-]. The minimum Gasteiger partial charge on any atom is -1.00 e. The maximum atomic E-state index is 11.8. The average Bonchev–Trinajstić information content (AvgIpc) is 3.04. The van der Waals surface area contributed by atoms with Crippen molar-refractivity contribution in [3.8, 4) is 0 Å². The second-order valence-electron chi connectivity index (χ2n) is 5.09. The van der Waals surface area contributed by atoms with E-state index in [9.17, 15) is 13.2 Å². The predicted octanol–water partition coefficient (Wildman–Crippen LogP) is -3.82. The maximum absolute atomic E-state index is 11.8. The lowest BCUT2D eigenvalue weighted by Gasteiger charge is -2.13. The van der Waals surface area contributed by atoms with Crippen molar-refractivity contribution >= 4 is 15.9 Å². The molecule has 2 rings (SSSR count). The summed E-state index contributed by atoms with van der Waals surface area (Å²) in [4.78, 5) is 11.8. The highest BCUT2D eigenvalue weighted by molar-refractivity contribution is 7.91. The van der Waals surface area contributed by atoms with E-state index in [4.69, 9.17) is 0 Å². The molecule has 2 aliphatic carbocycles. The lowest BCUT2D eigenvalue weighted by Crippen LogP contribution is -3.00. The normalized spacial score (nSPS) is 33.2. The maximum Gasteiger partial charge on any atom is 0.295 e. The van der Waals surface area contributed by atoms with E-state index in [1.54, 1.807) is 13.0 Å². The molecule has 4 N–H and O–H groups in total. The van der Waals surface area contributed by atoms with Crippen LogP contribution in [0.25, 0.3) is 0 Å². The molecule has 5 nitrogen and oxygen atoms in total. The molecular weight excluding hydrogens is 264 g/mol. The van der Waals surface area contributed by atoms with Crippen LogP contribution >= 0.6 is 0 Å². The highest BCUT2D eigenvalue weighted by Crippen LogP contribution is 2.44. The third-order valence-corrected chi connectivity index (χ3v) is 5.86. The van der Waals surface area contributed by atoms with Gasteiger partial charge in [0, 0.05) is 12.3 Å². The summed E-state index contributed by atoms with van der Waals surface area (Å²) in [5.74, 6) is -0.500. The molecule has 0 radical (unpaired) electrons. The number of hydrogen-bond donors (Lipinski definition) is 2. The van der Waals surface area contributed by atoms with Gasteiger partial charge in [-0.3, -0.25) is 4.79 Å². The second-order valence-corrected chi connectivity index (χ2v) is 7.28. The van der Waals surface area contributed by atoms with Crippen molar-refractivity contribution in [2.75, 3.05) is 0 Å². The lowest BCUT2D eigenvalue weighted by molar-refractivity contribution is -0.423. The van der Waals surface area contributed by atoms with Crippen LogP contribution < -0.4 is 22.9 Å². The fraction of sp³-hybridized carbons (Fsp3) is 0.700. The number of sulfonamides is 1. The third-order valence-electron chi connectivity index (χ3n) is 3.70. The number of rotatable bonds is 4. The molecule has 0 aromatic heterocycles. The Bertz CT molecular complexity index is 458.